The molecule has 1 N–H and O–H groups in total. The summed E-state index contributed by atoms with van der Waals surface area (Å²) in [6.07, 6.45) is 0.814. The fraction of sp³-hybridized carbons (Fsp3) is 0.357. The summed E-state index contributed by atoms with van der Waals surface area (Å²) >= 11 is 0. The zero-order valence-corrected chi connectivity index (χ0v) is 10.7. The lowest BCUT2D eigenvalue weighted by Gasteiger charge is -2.11. The molecule has 1 heterocycles. The summed E-state index contributed by atoms with van der Waals surface area (Å²) in [6.45, 7) is 5.85. The van der Waals surface area contributed by atoms with Crippen LogP contribution in [0.15, 0.2) is 16.9 Å². The van der Waals surface area contributed by atoms with Gasteiger partial charge in [-0.05, 0) is 31.9 Å². The highest BCUT2D eigenvalue weighted by Gasteiger charge is 2.12. The molecule has 0 atom stereocenters. The fourth-order valence-corrected chi connectivity index (χ4v) is 2.20. The van der Waals surface area contributed by atoms with Crippen LogP contribution in [0.1, 0.15) is 23.7 Å². The smallest absolute Gasteiger partial charge is 0.192 e. The molecule has 90 valence electrons. The average molecular weight is 231 g/mol. The maximum Gasteiger partial charge on any atom is 0.192 e. The summed E-state index contributed by atoms with van der Waals surface area (Å²) in [4.78, 5) is 15.6. The summed E-state index contributed by atoms with van der Waals surface area (Å²) in [5, 5.41) is 0.735. The lowest BCUT2D eigenvalue weighted by molar-refractivity contribution is 0.418. The van der Waals surface area contributed by atoms with Crippen molar-refractivity contribution in [1.82, 2.24) is 4.98 Å². The van der Waals surface area contributed by atoms with E-state index in [2.05, 4.69) is 4.98 Å². The van der Waals surface area contributed by atoms with Gasteiger partial charge >= 0.3 is 0 Å². The fourth-order valence-electron chi connectivity index (χ4n) is 2.20. The van der Waals surface area contributed by atoms with Crippen LogP contribution in [-0.2, 0) is 6.42 Å². The molecule has 17 heavy (non-hydrogen) atoms. The molecule has 0 aliphatic heterocycles. The second-order valence-electron chi connectivity index (χ2n) is 4.25. The Morgan fingerprint density at radius 3 is 2.59 bits per heavy atom. The first-order valence-corrected chi connectivity index (χ1v) is 5.79. The van der Waals surface area contributed by atoms with E-state index in [4.69, 9.17) is 4.74 Å². The second kappa shape index (κ2) is 4.24. The number of hydrogen-bond acceptors (Lipinski definition) is 2. The van der Waals surface area contributed by atoms with Crippen LogP contribution in [-0.4, -0.2) is 12.1 Å². The number of aromatic amines is 1. The molecule has 0 bridgehead atoms. The minimum absolute atomic E-state index is 0.104. The number of aromatic nitrogens is 1. The minimum Gasteiger partial charge on any atom is -0.495 e. The Labute approximate surface area is 100 Å². The zero-order chi connectivity index (χ0) is 12.6. The third kappa shape index (κ3) is 1.71. The van der Waals surface area contributed by atoms with Gasteiger partial charge in [0, 0.05) is 11.3 Å². The van der Waals surface area contributed by atoms with Crippen molar-refractivity contribution in [3.63, 3.8) is 0 Å². The molecule has 0 unspecified atom stereocenters. The van der Waals surface area contributed by atoms with E-state index < -0.39 is 0 Å². The number of fused-ring (bicyclic) bond motifs is 1. The number of methoxy groups -OCH3 is 1. The quantitative estimate of drug-likeness (QED) is 0.863. The minimum atomic E-state index is 0.104. The molecule has 0 radical (unpaired) electrons. The van der Waals surface area contributed by atoms with Crippen molar-refractivity contribution >= 4 is 10.9 Å². The molecule has 2 aromatic rings. The maximum atomic E-state index is 12.3. The predicted molar refractivity (Wildman–Crippen MR) is 70.0 cm³/mol. The number of pyridine rings is 1. The lowest BCUT2D eigenvalue weighted by Crippen LogP contribution is -2.12. The monoisotopic (exact) mass is 231 g/mol. The molecule has 0 saturated carbocycles. The molecule has 0 fully saturated rings. The van der Waals surface area contributed by atoms with E-state index in [1.54, 1.807) is 7.11 Å². The molecule has 0 aliphatic rings. The highest BCUT2D eigenvalue weighted by Crippen LogP contribution is 2.25. The Kier molecular flexibility index (Phi) is 2.92. The molecule has 0 aliphatic carbocycles. The molecular weight excluding hydrogens is 214 g/mol. The predicted octanol–water partition coefficient (Wildman–Crippen LogP) is 2.72. The number of ether oxygens (including phenoxy) is 1. The first-order valence-electron chi connectivity index (χ1n) is 5.79. The zero-order valence-electron chi connectivity index (χ0n) is 10.7. The van der Waals surface area contributed by atoms with Gasteiger partial charge in [0.1, 0.15) is 5.75 Å². The highest BCUT2D eigenvalue weighted by atomic mass is 16.5. The topological polar surface area (TPSA) is 42.1 Å². The summed E-state index contributed by atoms with van der Waals surface area (Å²) in [7, 11) is 1.62. The second-order valence-corrected chi connectivity index (χ2v) is 4.25. The largest absolute Gasteiger partial charge is 0.495 e. The SMILES string of the molecule is CCc1[nH]c2c(OC)ccc(C)c2c(=O)c1C. The number of rotatable bonds is 2. The summed E-state index contributed by atoms with van der Waals surface area (Å²) in [5.74, 6) is 0.720. The van der Waals surface area contributed by atoms with Gasteiger partial charge in [0.25, 0.3) is 0 Å². The molecule has 0 spiro atoms. The number of benzene rings is 1. The van der Waals surface area contributed by atoms with Gasteiger partial charge in [-0.2, -0.15) is 0 Å². The maximum absolute atomic E-state index is 12.3. The summed E-state index contributed by atoms with van der Waals surface area (Å²) in [5.41, 5.74) is 3.67. The number of H-pyrrole nitrogens is 1. The third-order valence-corrected chi connectivity index (χ3v) is 3.25. The van der Waals surface area contributed by atoms with E-state index in [0.29, 0.717) is 0 Å². The van der Waals surface area contributed by atoms with E-state index in [1.807, 2.05) is 32.9 Å². The van der Waals surface area contributed by atoms with Crippen molar-refractivity contribution in [3.05, 3.63) is 39.2 Å². The first-order chi connectivity index (χ1) is 8.10. The Hall–Kier alpha value is -1.77. The van der Waals surface area contributed by atoms with Gasteiger partial charge in [0.2, 0.25) is 0 Å². The van der Waals surface area contributed by atoms with Crippen LogP contribution >= 0.6 is 0 Å². The number of nitrogens with one attached hydrogen (secondary N) is 1. The molecule has 0 amide bonds. The summed E-state index contributed by atoms with van der Waals surface area (Å²) in [6, 6.07) is 3.81. The van der Waals surface area contributed by atoms with Crippen molar-refractivity contribution in [2.24, 2.45) is 0 Å². The van der Waals surface area contributed by atoms with Crippen molar-refractivity contribution in [2.45, 2.75) is 27.2 Å². The van der Waals surface area contributed by atoms with Crippen LogP contribution in [0.3, 0.4) is 0 Å². The van der Waals surface area contributed by atoms with E-state index in [9.17, 15) is 4.79 Å². The van der Waals surface area contributed by atoms with Gasteiger partial charge in [0.05, 0.1) is 18.0 Å². The van der Waals surface area contributed by atoms with Crippen LogP contribution < -0.4 is 10.2 Å². The normalized spacial score (nSPS) is 10.8. The van der Waals surface area contributed by atoms with Crippen molar-refractivity contribution in [2.75, 3.05) is 7.11 Å². The van der Waals surface area contributed by atoms with Crippen molar-refractivity contribution in [3.8, 4) is 5.75 Å². The molecule has 1 aromatic heterocycles. The van der Waals surface area contributed by atoms with Gasteiger partial charge in [-0.25, -0.2) is 0 Å². The van der Waals surface area contributed by atoms with Crippen molar-refractivity contribution in [1.29, 1.82) is 0 Å². The van der Waals surface area contributed by atoms with Crippen LogP contribution in [0, 0.1) is 13.8 Å². The molecule has 3 heteroatoms. The lowest BCUT2D eigenvalue weighted by atomic mass is 10.0. The van der Waals surface area contributed by atoms with Crippen LogP contribution in [0.2, 0.25) is 0 Å². The van der Waals surface area contributed by atoms with Crippen LogP contribution in [0.4, 0.5) is 0 Å². The van der Waals surface area contributed by atoms with Crippen LogP contribution in [0.25, 0.3) is 10.9 Å². The highest BCUT2D eigenvalue weighted by molar-refractivity contribution is 5.88. The van der Waals surface area contributed by atoms with Crippen molar-refractivity contribution < 1.29 is 4.74 Å². The third-order valence-electron chi connectivity index (χ3n) is 3.25. The van der Waals surface area contributed by atoms with Gasteiger partial charge in [-0.1, -0.05) is 13.0 Å². The van der Waals surface area contributed by atoms with E-state index in [1.165, 1.54) is 0 Å². The standard InChI is InChI=1S/C14H17NO2/c1-5-10-9(3)14(16)12-8(2)6-7-11(17-4)13(12)15-10/h6-7H,5H2,1-4H3,(H,15,16). The van der Waals surface area contributed by atoms with Gasteiger partial charge in [0.15, 0.2) is 5.43 Å². The van der Waals surface area contributed by atoms with E-state index in [-0.39, 0.29) is 5.43 Å². The molecular formula is C14H17NO2. The average Bonchev–Trinajstić information content (AvgIpc) is 2.33. The molecule has 1 aromatic carbocycles. The Morgan fingerprint density at radius 2 is 2.00 bits per heavy atom. The van der Waals surface area contributed by atoms with Gasteiger partial charge in [-0.15, -0.1) is 0 Å². The first kappa shape index (κ1) is 11.7. The number of aryl methyl sites for hydroxylation is 2. The molecule has 2 rings (SSSR count). The van der Waals surface area contributed by atoms with Gasteiger partial charge < -0.3 is 9.72 Å². The van der Waals surface area contributed by atoms with Crippen LogP contribution in [0.5, 0.6) is 5.75 Å². The Bertz CT molecular complexity index is 626. The molecule has 3 nitrogen and oxygen atoms in total. The van der Waals surface area contributed by atoms with E-state index in [0.717, 1.165) is 39.9 Å². The number of hydrogen-bond donors (Lipinski definition) is 1. The molecule has 0 saturated heterocycles. The van der Waals surface area contributed by atoms with E-state index >= 15 is 0 Å². The Morgan fingerprint density at radius 1 is 1.29 bits per heavy atom. The Balaban J connectivity index is 3.00. The summed E-state index contributed by atoms with van der Waals surface area (Å²) < 4.78 is 5.31. The van der Waals surface area contributed by atoms with Gasteiger partial charge in [-0.3, -0.25) is 4.79 Å².